The van der Waals surface area contributed by atoms with Crippen LogP contribution in [0.25, 0.3) is 0 Å². The number of likely N-dealkylation sites (N-methyl/N-ethyl adjacent to an activating group) is 1. The van der Waals surface area contributed by atoms with Gasteiger partial charge in [0.25, 0.3) is 0 Å². The summed E-state index contributed by atoms with van der Waals surface area (Å²) in [5.41, 5.74) is -0.855. The summed E-state index contributed by atoms with van der Waals surface area (Å²) >= 11 is 0.974. The van der Waals surface area contributed by atoms with Gasteiger partial charge in [0, 0.05) is 32.6 Å². The van der Waals surface area contributed by atoms with Gasteiger partial charge in [-0.2, -0.15) is 13.2 Å². The van der Waals surface area contributed by atoms with E-state index in [4.69, 9.17) is 4.74 Å². The molecule has 0 saturated heterocycles. The first-order chi connectivity index (χ1) is 11.4. The Kier molecular flexibility index (Phi) is 9.01. The second-order valence-corrected chi connectivity index (χ2v) is 6.07. The smallest absolute Gasteiger partial charge is 0.383 e. The average molecular weight is 367 g/mol. The Hall–Kier alpha value is -1.39. The van der Waals surface area contributed by atoms with E-state index in [2.05, 4.69) is 25.5 Å². The van der Waals surface area contributed by atoms with Crippen molar-refractivity contribution in [1.29, 1.82) is 0 Å². The highest BCUT2D eigenvalue weighted by Gasteiger charge is 2.33. The SMILES string of the molecule is CN=C(NCCCN(C)CCOC)NCc1nc(C(F)(F)F)cs1. The number of thiazole rings is 1. The standard InChI is InChI=1S/C14H24F3N5OS/c1-18-13(19-5-4-6-22(2)7-8-23-3)20-9-12-21-11(10-24-12)14(15,16)17/h10H,4-9H2,1-3H3,(H2,18,19,20). The highest BCUT2D eigenvalue weighted by Crippen LogP contribution is 2.29. The fourth-order valence-electron chi connectivity index (χ4n) is 1.82. The minimum Gasteiger partial charge on any atom is -0.383 e. The van der Waals surface area contributed by atoms with Crippen LogP contribution in [0.4, 0.5) is 13.2 Å². The molecule has 0 radical (unpaired) electrons. The molecule has 0 aliphatic heterocycles. The summed E-state index contributed by atoms with van der Waals surface area (Å²) in [5.74, 6) is 0.540. The number of methoxy groups -OCH3 is 1. The van der Waals surface area contributed by atoms with Gasteiger partial charge in [0.2, 0.25) is 0 Å². The lowest BCUT2D eigenvalue weighted by Gasteiger charge is -2.16. The fourth-order valence-corrected chi connectivity index (χ4v) is 2.56. The van der Waals surface area contributed by atoms with Gasteiger partial charge in [-0.3, -0.25) is 4.99 Å². The molecule has 1 aromatic rings. The maximum absolute atomic E-state index is 12.5. The van der Waals surface area contributed by atoms with Gasteiger partial charge >= 0.3 is 6.18 Å². The summed E-state index contributed by atoms with van der Waals surface area (Å²) in [5, 5.41) is 7.46. The molecule has 0 amide bonds. The Morgan fingerprint density at radius 2 is 2.12 bits per heavy atom. The molecule has 0 unspecified atom stereocenters. The van der Waals surface area contributed by atoms with Crippen molar-refractivity contribution in [3.63, 3.8) is 0 Å². The van der Waals surface area contributed by atoms with Crippen molar-refractivity contribution >= 4 is 17.3 Å². The predicted molar refractivity (Wildman–Crippen MR) is 89.3 cm³/mol. The summed E-state index contributed by atoms with van der Waals surface area (Å²) in [6, 6.07) is 0. The minimum atomic E-state index is -4.40. The van der Waals surface area contributed by atoms with Crippen LogP contribution in [0.1, 0.15) is 17.1 Å². The molecule has 1 aromatic heterocycles. The number of alkyl halides is 3. The minimum absolute atomic E-state index is 0.203. The van der Waals surface area contributed by atoms with E-state index in [0.29, 0.717) is 24.1 Å². The van der Waals surface area contributed by atoms with Crippen molar-refractivity contribution < 1.29 is 17.9 Å². The number of ether oxygens (including phenoxy) is 1. The van der Waals surface area contributed by atoms with Crippen LogP contribution in [0.15, 0.2) is 10.4 Å². The van der Waals surface area contributed by atoms with E-state index in [0.717, 1.165) is 36.2 Å². The van der Waals surface area contributed by atoms with E-state index in [1.54, 1.807) is 14.2 Å². The Morgan fingerprint density at radius 1 is 1.38 bits per heavy atom. The number of aromatic nitrogens is 1. The van der Waals surface area contributed by atoms with Crippen LogP contribution in [0, 0.1) is 0 Å². The molecule has 0 atom stereocenters. The van der Waals surface area contributed by atoms with Crippen LogP contribution in [0.2, 0.25) is 0 Å². The van der Waals surface area contributed by atoms with Gasteiger partial charge < -0.3 is 20.3 Å². The Bertz CT molecular complexity index is 507. The molecular weight excluding hydrogens is 343 g/mol. The summed E-state index contributed by atoms with van der Waals surface area (Å²) in [7, 11) is 5.31. The number of hydrogen-bond acceptors (Lipinski definition) is 5. The Morgan fingerprint density at radius 3 is 2.71 bits per heavy atom. The van der Waals surface area contributed by atoms with Crippen molar-refractivity contribution in [3.8, 4) is 0 Å². The molecule has 0 bridgehead atoms. The van der Waals surface area contributed by atoms with Crippen LogP contribution in [-0.4, -0.2) is 63.3 Å². The molecule has 0 aliphatic rings. The zero-order chi connectivity index (χ0) is 18.0. The molecule has 0 spiro atoms. The van der Waals surface area contributed by atoms with Crippen LogP contribution in [-0.2, 0) is 17.5 Å². The van der Waals surface area contributed by atoms with Crippen molar-refractivity contribution in [2.45, 2.75) is 19.1 Å². The summed E-state index contributed by atoms with van der Waals surface area (Å²) in [6.07, 6.45) is -3.49. The zero-order valence-corrected chi connectivity index (χ0v) is 14.9. The second kappa shape index (κ2) is 10.5. The van der Waals surface area contributed by atoms with Crippen LogP contribution in [0.5, 0.6) is 0 Å². The molecule has 2 N–H and O–H groups in total. The quantitative estimate of drug-likeness (QED) is 0.396. The van der Waals surface area contributed by atoms with Gasteiger partial charge in [-0.15, -0.1) is 11.3 Å². The van der Waals surface area contributed by atoms with Gasteiger partial charge in [0.15, 0.2) is 11.7 Å². The molecule has 10 heteroatoms. The van der Waals surface area contributed by atoms with Crippen molar-refractivity contribution in [2.75, 3.05) is 47.4 Å². The van der Waals surface area contributed by atoms with E-state index in [9.17, 15) is 13.2 Å². The monoisotopic (exact) mass is 367 g/mol. The third kappa shape index (κ3) is 7.93. The Labute approximate surface area is 144 Å². The number of halogens is 3. The van der Waals surface area contributed by atoms with Crippen molar-refractivity contribution in [3.05, 3.63) is 16.1 Å². The summed E-state index contributed by atoms with van der Waals surface area (Å²) < 4.78 is 42.5. The third-order valence-corrected chi connectivity index (χ3v) is 4.01. The lowest BCUT2D eigenvalue weighted by atomic mass is 10.4. The highest BCUT2D eigenvalue weighted by atomic mass is 32.1. The maximum atomic E-state index is 12.5. The number of nitrogens with zero attached hydrogens (tertiary/aromatic N) is 3. The first kappa shape index (κ1) is 20.7. The molecule has 0 aromatic carbocycles. The largest absolute Gasteiger partial charge is 0.434 e. The number of guanidine groups is 1. The molecule has 138 valence electrons. The lowest BCUT2D eigenvalue weighted by molar-refractivity contribution is -0.140. The van der Waals surface area contributed by atoms with Crippen molar-refractivity contribution in [1.82, 2.24) is 20.5 Å². The van der Waals surface area contributed by atoms with Gasteiger partial charge in [-0.05, 0) is 20.0 Å². The van der Waals surface area contributed by atoms with E-state index >= 15 is 0 Å². The van der Waals surface area contributed by atoms with Gasteiger partial charge in [-0.1, -0.05) is 0 Å². The lowest BCUT2D eigenvalue weighted by Crippen LogP contribution is -2.38. The van der Waals surface area contributed by atoms with Gasteiger partial charge in [0.05, 0.1) is 13.2 Å². The number of hydrogen-bond donors (Lipinski definition) is 2. The normalized spacial score (nSPS) is 12.7. The zero-order valence-electron chi connectivity index (χ0n) is 14.1. The number of aliphatic imine (C=N–C) groups is 1. The molecule has 1 rings (SSSR count). The summed E-state index contributed by atoms with van der Waals surface area (Å²) in [4.78, 5) is 9.77. The third-order valence-electron chi connectivity index (χ3n) is 3.16. The molecule has 24 heavy (non-hydrogen) atoms. The maximum Gasteiger partial charge on any atom is 0.434 e. The van der Waals surface area contributed by atoms with Crippen molar-refractivity contribution in [2.24, 2.45) is 4.99 Å². The van der Waals surface area contributed by atoms with Crippen LogP contribution < -0.4 is 10.6 Å². The molecule has 6 nitrogen and oxygen atoms in total. The van der Waals surface area contributed by atoms with E-state index < -0.39 is 11.9 Å². The average Bonchev–Trinajstić information content (AvgIpc) is 3.01. The second-order valence-electron chi connectivity index (χ2n) is 5.13. The molecule has 0 aliphatic carbocycles. The molecule has 0 saturated carbocycles. The van der Waals surface area contributed by atoms with E-state index in [1.165, 1.54) is 0 Å². The van der Waals surface area contributed by atoms with E-state index in [-0.39, 0.29) is 6.54 Å². The highest BCUT2D eigenvalue weighted by molar-refractivity contribution is 7.09. The molecular formula is C14H24F3N5OS. The first-order valence-electron chi connectivity index (χ1n) is 7.50. The van der Waals surface area contributed by atoms with E-state index in [1.807, 2.05) is 7.05 Å². The van der Waals surface area contributed by atoms with Crippen LogP contribution in [0.3, 0.4) is 0 Å². The molecule has 1 heterocycles. The van der Waals surface area contributed by atoms with Gasteiger partial charge in [-0.25, -0.2) is 4.98 Å². The number of nitrogens with one attached hydrogen (secondary N) is 2. The predicted octanol–water partition coefficient (Wildman–Crippen LogP) is 1.80. The molecule has 0 fully saturated rings. The number of rotatable bonds is 9. The first-order valence-corrected chi connectivity index (χ1v) is 8.38. The van der Waals surface area contributed by atoms with Crippen LogP contribution >= 0.6 is 11.3 Å². The fraction of sp³-hybridized carbons (Fsp3) is 0.714. The van der Waals surface area contributed by atoms with Gasteiger partial charge in [0.1, 0.15) is 5.01 Å². The summed E-state index contributed by atoms with van der Waals surface area (Å²) in [6.45, 7) is 3.39. The Balaban J connectivity index is 2.27. The topological polar surface area (TPSA) is 61.8 Å².